The molecule has 1 aromatic carbocycles. The van der Waals surface area contributed by atoms with Gasteiger partial charge in [0, 0.05) is 21.9 Å². The van der Waals surface area contributed by atoms with E-state index in [0.29, 0.717) is 30.8 Å². The van der Waals surface area contributed by atoms with Crippen molar-refractivity contribution in [3.63, 3.8) is 0 Å². The van der Waals surface area contributed by atoms with E-state index >= 15 is 0 Å². The van der Waals surface area contributed by atoms with Gasteiger partial charge in [0.15, 0.2) is 0 Å². The molecule has 8 heteroatoms. The number of halogens is 2. The maximum absolute atomic E-state index is 14.2. The number of nitrogens with one attached hydrogen (secondary N) is 2. The van der Waals surface area contributed by atoms with E-state index in [2.05, 4.69) is 10.8 Å². The Labute approximate surface area is 157 Å². The van der Waals surface area contributed by atoms with Gasteiger partial charge in [-0.2, -0.15) is 0 Å². The molecule has 0 aliphatic carbocycles. The molecule has 0 unspecified atom stereocenters. The van der Waals surface area contributed by atoms with Crippen molar-refractivity contribution in [1.29, 1.82) is 0 Å². The van der Waals surface area contributed by atoms with Crippen LogP contribution in [-0.4, -0.2) is 17.1 Å². The van der Waals surface area contributed by atoms with Crippen LogP contribution < -0.4 is 16.4 Å². The number of carbonyl (C=O) groups excluding carboxylic acids is 1. The number of amides is 1. The average molecular weight is 457 g/mol. The number of rotatable bonds is 5. The van der Waals surface area contributed by atoms with Gasteiger partial charge in [0.05, 0.1) is 23.5 Å². The molecule has 1 aliphatic rings. The number of carbonyl (C=O) groups is 1. The lowest BCUT2D eigenvalue weighted by Crippen LogP contribution is -2.29. The Morgan fingerprint density at radius 3 is 2.88 bits per heavy atom. The monoisotopic (exact) mass is 457 g/mol. The predicted octanol–water partition coefficient (Wildman–Crippen LogP) is 2.96. The topological polar surface area (TPSA) is 72.4 Å². The van der Waals surface area contributed by atoms with Crippen LogP contribution >= 0.6 is 22.6 Å². The first-order valence-electron chi connectivity index (χ1n) is 7.92. The van der Waals surface area contributed by atoms with Gasteiger partial charge in [0.2, 0.25) is 0 Å². The summed E-state index contributed by atoms with van der Waals surface area (Å²) >= 11 is 2.01. The molecule has 6 nitrogen and oxygen atoms in total. The highest BCUT2D eigenvalue weighted by Crippen LogP contribution is 2.28. The zero-order chi connectivity index (χ0) is 18.0. The van der Waals surface area contributed by atoms with E-state index in [-0.39, 0.29) is 16.9 Å². The van der Waals surface area contributed by atoms with Crippen molar-refractivity contribution < 1.29 is 14.0 Å². The third-order valence-corrected chi connectivity index (χ3v) is 4.62. The lowest BCUT2D eigenvalue weighted by Gasteiger charge is -2.16. The summed E-state index contributed by atoms with van der Waals surface area (Å²) in [5, 5.41) is 2.89. The molecule has 0 radical (unpaired) electrons. The van der Waals surface area contributed by atoms with Gasteiger partial charge in [-0.25, -0.2) is 9.87 Å². The van der Waals surface area contributed by atoms with Gasteiger partial charge in [-0.05, 0) is 60.6 Å². The SMILES string of the molecule is CCONC(=O)c1c(Nc2ccc(I)cc2F)cc(=O)n2c1CCC2. The molecule has 1 aliphatic heterocycles. The van der Waals surface area contributed by atoms with E-state index in [9.17, 15) is 14.0 Å². The summed E-state index contributed by atoms with van der Waals surface area (Å²) in [6.45, 7) is 2.64. The van der Waals surface area contributed by atoms with Gasteiger partial charge < -0.3 is 9.88 Å². The molecule has 25 heavy (non-hydrogen) atoms. The quantitative estimate of drug-likeness (QED) is 0.535. The van der Waals surface area contributed by atoms with E-state index < -0.39 is 11.7 Å². The minimum atomic E-state index is -0.457. The van der Waals surface area contributed by atoms with Crippen LogP contribution in [0.3, 0.4) is 0 Å². The fourth-order valence-corrected chi connectivity index (χ4v) is 3.34. The number of nitrogens with zero attached hydrogens (tertiary/aromatic N) is 1. The molecule has 0 saturated carbocycles. The molecule has 1 aromatic heterocycles. The average Bonchev–Trinajstić information content (AvgIpc) is 3.05. The normalized spacial score (nSPS) is 12.8. The zero-order valence-electron chi connectivity index (χ0n) is 13.6. The highest BCUT2D eigenvalue weighted by atomic mass is 127. The van der Waals surface area contributed by atoms with E-state index in [0.717, 1.165) is 9.99 Å². The number of pyridine rings is 1. The Balaban J connectivity index is 2.07. The van der Waals surface area contributed by atoms with Gasteiger partial charge in [0.25, 0.3) is 11.5 Å². The summed E-state index contributed by atoms with van der Waals surface area (Å²) in [5.41, 5.74) is 3.57. The summed E-state index contributed by atoms with van der Waals surface area (Å²) in [7, 11) is 0. The van der Waals surface area contributed by atoms with Gasteiger partial charge in [-0.1, -0.05) is 0 Å². The van der Waals surface area contributed by atoms with Crippen LogP contribution in [0.4, 0.5) is 15.8 Å². The van der Waals surface area contributed by atoms with E-state index in [4.69, 9.17) is 4.84 Å². The second kappa shape index (κ2) is 7.52. The lowest BCUT2D eigenvalue weighted by atomic mass is 10.1. The second-order valence-electron chi connectivity index (χ2n) is 5.59. The Morgan fingerprint density at radius 1 is 1.36 bits per heavy atom. The van der Waals surface area contributed by atoms with E-state index in [1.165, 1.54) is 12.1 Å². The standard InChI is InChI=1S/C17H17FIN3O3/c1-2-25-21-17(24)16-13(9-15(23)22-7-3-4-14(16)22)20-12-6-5-10(19)8-11(12)18/h5-6,8-9,20H,2-4,7H2,1H3,(H,21,24). The van der Waals surface area contributed by atoms with Crippen LogP contribution in [0.1, 0.15) is 29.4 Å². The molecule has 1 amide bonds. The highest BCUT2D eigenvalue weighted by Gasteiger charge is 2.25. The smallest absolute Gasteiger partial charge is 0.278 e. The van der Waals surface area contributed by atoms with Crippen molar-refractivity contribution in [2.45, 2.75) is 26.3 Å². The van der Waals surface area contributed by atoms with Crippen molar-refractivity contribution in [2.24, 2.45) is 0 Å². The lowest BCUT2D eigenvalue weighted by molar-refractivity contribution is 0.0364. The molecule has 0 fully saturated rings. The molecular weight excluding hydrogens is 440 g/mol. The van der Waals surface area contributed by atoms with Crippen molar-refractivity contribution in [1.82, 2.24) is 10.0 Å². The van der Waals surface area contributed by atoms with Gasteiger partial charge in [0.1, 0.15) is 5.82 Å². The number of aromatic nitrogens is 1. The molecule has 0 bridgehead atoms. The molecule has 0 atom stereocenters. The van der Waals surface area contributed by atoms with Crippen molar-refractivity contribution in [3.8, 4) is 0 Å². The number of benzene rings is 1. The van der Waals surface area contributed by atoms with Crippen LogP contribution in [0.25, 0.3) is 0 Å². The van der Waals surface area contributed by atoms with Crippen LogP contribution in [-0.2, 0) is 17.8 Å². The first kappa shape index (κ1) is 17.9. The van der Waals surface area contributed by atoms with Gasteiger partial charge in [-0.3, -0.25) is 14.4 Å². The van der Waals surface area contributed by atoms with E-state index in [1.54, 1.807) is 23.6 Å². The molecule has 0 spiro atoms. The molecule has 3 rings (SSSR count). The molecular formula is C17H17FIN3O3. The minimum absolute atomic E-state index is 0.202. The number of anilines is 2. The zero-order valence-corrected chi connectivity index (χ0v) is 15.7. The largest absolute Gasteiger partial charge is 0.352 e. The molecule has 2 heterocycles. The third kappa shape index (κ3) is 3.69. The van der Waals surface area contributed by atoms with Crippen LogP contribution in [0.2, 0.25) is 0 Å². The summed E-state index contributed by atoms with van der Waals surface area (Å²) < 4.78 is 16.5. The van der Waals surface area contributed by atoms with Gasteiger partial charge >= 0.3 is 0 Å². The fraction of sp³-hybridized carbons (Fsp3) is 0.294. The first-order chi connectivity index (χ1) is 12.0. The van der Waals surface area contributed by atoms with Crippen molar-refractivity contribution in [3.05, 3.63) is 55.3 Å². The maximum Gasteiger partial charge on any atom is 0.278 e. The highest BCUT2D eigenvalue weighted by molar-refractivity contribution is 14.1. The fourth-order valence-electron chi connectivity index (χ4n) is 2.88. The molecule has 2 N–H and O–H groups in total. The Bertz CT molecular complexity index is 882. The Hall–Kier alpha value is -1.94. The molecule has 2 aromatic rings. The third-order valence-electron chi connectivity index (χ3n) is 3.95. The molecule has 0 saturated heterocycles. The molecule has 132 valence electrons. The maximum atomic E-state index is 14.2. The van der Waals surface area contributed by atoms with Crippen molar-refractivity contribution >= 4 is 39.9 Å². The van der Waals surface area contributed by atoms with Crippen LogP contribution in [0.5, 0.6) is 0 Å². The van der Waals surface area contributed by atoms with Crippen LogP contribution in [0.15, 0.2) is 29.1 Å². The van der Waals surface area contributed by atoms with Crippen molar-refractivity contribution in [2.75, 3.05) is 11.9 Å². The summed E-state index contributed by atoms with van der Waals surface area (Å²) in [6, 6.07) is 6.02. The number of hydrogen-bond acceptors (Lipinski definition) is 4. The number of hydrogen-bond donors (Lipinski definition) is 2. The summed E-state index contributed by atoms with van der Waals surface area (Å²) in [4.78, 5) is 29.8. The minimum Gasteiger partial charge on any atom is -0.352 e. The second-order valence-corrected chi connectivity index (χ2v) is 6.83. The van der Waals surface area contributed by atoms with E-state index in [1.807, 2.05) is 22.6 Å². The first-order valence-corrected chi connectivity index (χ1v) is 9.00. The Kier molecular flexibility index (Phi) is 5.38. The predicted molar refractivity (Wildman–Crippen MR) is 101 cm³/mol. The summed E-state index contributed by atoms with van der Waals surface area (Å²) in [5.74, 6) is -0.912. The number of hydroxylamine groups is 1. The summed E-state index contributed by atoms with van der Waals surface area (Å²) in [6.07, 6.45) is 1.39. The Morgan fingerprint density at radius 2 is 2.16 bits per heavy atom. The van der Waals surface area contributed by atoms with Crippen LogP contribution in [0, 0.1) is 9.39 Å². The number of fused-ring (bicyclic) bond motifs is 1. The van der Waals surface area contributed by atoms with Gasteiger partial charge in [-0.15, -0.1) is 0 Å².